The zero-order chi connectivity index (χ0) is 7.72. The number of nitrogens with zero attached hydrogens (tertiary/aromatic N) is 1. The van der Waals surface area contributed by atoms with Crippen molar-refractivity contribution in [2.24, 2.45) is 7.05 Å². The summed E-state index contributed by atoms with van der Waals surface area (Å²) in [6.45, 7) is 3.93. The average molecular weight is 137 g/mol. The van der Waals surface area contributed by atoms with Crippen LogP contribution in [0.4, 0.5) is 0 Å². The molecule has 2 nitrogen and oxygen atoms in total. The SMILES string of the molecule is Cc1cc(C=O)c(C)n1C. The van der Waals surface area contributed by atoms with Crippen molar-refractivity contribution in [2.45, 2.75) is 13.8 Å². The Morgan fingerprint density at radius 3 is 2.30 bits per heavy atom. The number of carbonyl (C=O) groups excluding carboxylic acids is 1. The van der Waals surface area contributed by atoms with Gasteiger partial charge in [-0.05, 0) is 19.9 Å². The molecule has 1 aromatic heterocycles. The summed E-state index contributed by atoms with van der Waals surface area (Å²) in [5.41, 5.74) is 2.95. The van der Waals surface area contributed by atoms with Gasteiger partial charge in [0.15, 0.2) is 6.29 Å². The molecule has 0 saturated carbocycles. The average Bonchev–Trinajstić information content (AvgIpc) is 2.17. The summed E-state index contributed by atoms with van der Waals surface area (Å²) in [5, 5.41) is 0. The van der Waals surface area contributed by atoms with E-state index in [0.29, 0.717) is 0 Å². The van der Waals surface area contributed by atoms with E-state index in [1.807, 2.05) is 31.5 Å². The van der Waals surface area contributed by atoms with Crippen LogP contribution in [0.5, 0.6) is 0 Å². The van der Waals surface area contributed by atoms with Gasteiger partial charge in [-0.15, -0.1) is 0 Å². The van der Waals surface area contributed by atoms with Crippen LogP contribution in [-0.2, 0) is 7.05 Å². The van der Waals surface area contributed by atoms with Gasteiger partial charge in [0.1, 0.15) is 0 Å². The van der Waals surface area contributed by atoms with E-state index in [2.05, 4.69) is 0 Å². The lowest BCUT2D eigenvalue weighted by atomic mass is 10.3. The predicted octanol–water partition coefficient (Wildman–Crippen LogP) is 1.45. The Labute approximate surface area is 60.5 Å². The Morgan fingerprint density at radius 2 is 2.10 bits per heavy atom. The molecule has 0 atom stereocenters. The summed E-state index contributed by atoms with van der Waals surface area (Å²) in [6.07, 6.45) is 0.891. The van der Waals surface area contributed by atoms with E-state index in [1.165, 1.54) is 0 Å². The van der Waals surface area contributed by atoms with Crippen LogP contribution in [0.15, 0.2) is 6.07 Å². The van der Waals surface area contributed by atoms with Gasteiger partial charge < -0.3 is 4.57 Å². The smallest absolute Gasteiger partial charge is 0.151 e. The van der Waals surface area contributed by atoms with E-state index in [0.717, 1.165) is 23.2 Å². The Hall–Kier alpha value is -1.05. The van der Waals surface area contributed by atoms with Crippen molar-refractivity contribution in [3.63, 3.8) is 0 Å². The molecule has 0 aliphatic heterocycles. The van der Waals surface area contributed by atoms with Crippen LogP contribution in [0.2, 0.25) is 0 Å². The molecule has 0 amide bonds. The van der Waals surface area contributed by atoms with Crippen molar-refractivity contribution in [1.82, 2.24) is 4.57 Å². The minimum absolute atomic E-state index is 0.792. The van der Waals surface area contributed by atoms with Gasteiger partial charge in [-0.3, -0.25) is 4.79 Å². The van der Waals surface area contributed by atoms with Gasteiger partial charge in [-0.2, -0.15) is 0 Å². The molecule has 0 aromatic carbocycles. The third kappa shape index (κ3) is 0.856. The number of rotatable bonds is 1. The predicted molar refractivity (Wildman–Crippen MR) is 40.3 cm³/mol. The van der Waals surface area contributed by atoms with E-state index < -0.39 is 0 Å². The number of aryl methyl sites for hydroxylation is 1. The number of hydrogen-bond acceptors (Lipinski definition) is 1. The molecule has 0 aliphatic rings. The molecular weight excluding hydrogens is 126 g/mol. The number of carbonyl (C=O) groups is 1. The van der Waals surface area contributed by atoms with Crippen molar-refractivity contribution < 1.29 is 4.79 Å². The lowest BCUT2D eigenvalue weighted by Gasteiger charge is -1.97. The highest BCUT2D eigenvalue weighted by atomic mass is 16.1. The second kappa shape index (κ2) is 2.29. The molecule has 1 heterocycles. The van der Waals surface area contributed by atoms with Crippen LogP contribution in [0.25, 0.3) is 0 Å². The monoisotopic (exact) mass is 137 g/mol. The molecule has 0 bridgehead atoms. The largest absolute Gasteiger partial charge is 0.351 e. The van der Waals surface area contributed by atoms with E-state index in [4.69, 9.17) is 0 Å². The van der Waals surface area contributed by atoms with Gasteiger partial charge in [0.05, 0.1) is 0 Å². The molecule has 0 saturated heterocycles. The highest BCUT2D eigenvalue weighted by Crippen LogP contribution is 2.09. The topological polar surface area (TPSA) is 22.0 Å². The lowest BCUT2D eigenvalue weighted by molar-refractivity contribution is 0.112. The fourth-order valence-electron chi connectivity index (χ4n) is 1.00. The Bertz CT molecular complexity index is 260. The van der Waals surface area contributed by atoms with Gasteiger partial charge >= 0.3 is 0 Å². The maximum atomic E-state index is 10.4. The molecule has 54 valence electrons. The summed E-state index contributed by atoms with van der Waals surface area (Å²) < 4.78 is 2.00. The second-order valence-electron chi connectivity index (χ2n) is 2.50. The van der Waals surface area contributed by atoms with E-state index in [-0.39, 0.29) is 0 Å². The quantitative estimate of drug-likeness (QED) is 0.537. The van der Waals surface area contributed by atoms with Crippen molar-refractivity contribution in [2.75, 3.05) is 0 Å². The molecule has 2 heteroatoms. The van der Waals surface area contributed by atoms with Gasteiger partial charge in [0.2, 0.25) is 0 Å². The fraction of sp³-hybridized carbons (Fsp3) is 0.375. The van der Waals surface area contributed by atoms with Gasteiger partial charge in [0, 0.05) is 24.0 Å². The van der Waals surface area contributed by atoms with Crippen LogP contribution in [0.1, 0.15) is 21.7 Å². The highest BCUT2D eigenvalue weighted by Gasteiger charge is 2.02. The first-order valence-electron chi connectivity index (χ1n) is 3.25. The summed E-state index contributed by atoms with van der Waals surface area (Å²) in [5.74, 6) is 0. The first kappa shape index (κ1) is 7.06. The summed E-state index contributed by atoms with van der Waals surface area (Å²) >= 11 is 0. The molecule has 0 aliphatic carbocycles. The highest BCUT2D eigenvalue weighted by molar-refractivity contribution is 5.77. The lowest BCUT2D eigenvalue weighted by Crippen LogP contribution is -1.93. The van der Waals surface area contributed by atoms with Crippen LogP contribution in [0.3, 0.4) is 0 Å². The Balaban J connectivity index is 3.30. The van der Waals surface area contributed by atoms with E-state index >= 15 is 0 Å². The first-order valence-corrected chi connectivity index (χ1v) is 3.25. The second-order valence-corrected chi connectivity index (χ2v) is 2.50. The standard InChI is InChI=1S/C8H11NO/c1-6-4-8(5-10)7(2)9(6)3/h4-5H,1-3H3. The van der Waals surface area contributed by atoms with Crippen molar-refractivity contribution >= 4 is 6.29 Å². The Morgan fingerprint density at radius 1 is 1.50 bits per heavy atom. The van der Waals surface area contributed by atoms with Crippen molar-refractivity contribution in [3.8, 4) is 0 Å². The zero-order valence-electron chi connectivity index (χ0n) is 6.51. The van der Waals surface area contributed by atoms with E-state index in [1.54, 1.807) is 0 Å². The van der Waals surface area contributed by atoms with Crippen molar-refractivity contribution in [1.29, 1.82) is 0 Å². The molecule has 1 rings (SSSR count). The minimum Gasteiger partial charge on any atom is -0.351 e. The van der Waals surface area contributed by atoms with Crippen molar-refractivity contribution in [3.05, 3.63) is 23.0 Å². The number of aldehydes is 1. The molecule has 0 fully saturated rings. The van der Waals surface area contributed by atoms with Crippen LogP contribution in [-0.4, -0.2) is 10.9 Å². The fourth-order valence-corrected chi connectivity index (χ4v) is 1.00. The maximum absolute atomic E-state index is 10.4. The molecule has 0 unspecified atom stereocenters. The normalized spacial score (nSPS) is 9.90. The molecular formula is C8H11NO. The molecule has 10 heavy (non-hydrogen) atoms. The molecule has 0 radical (unpaired) electrons. The number of aromatic nitrogens is 1. The summed E-state index contributed by atoms with van der Waals surface area (Å²) in [4.78, 5) is 10.4. The molecule has 0 N–H and O–H groups in total. The van der Waals surface area contributed by atoms with Crippen LogP contribution >= 0.6 is 0 Å². The molecule has 0 spiro atoms. The van der Waals surface area contributed by atoms with Crippen LogP contribution < -0.4 is 0 Å². The maximum Gasteiger partial charge on any atom is 0.151 e. The third-order valence-electron chi connectivity index (χ3n) is 1.94. The third-order valence-corrected chi connectivity index (χ3v) is 1.94. The minimum atomic E-state index is 0.792. The zero-order valence-corrected chi connectivity index (χ0v) is 6.51. The summed E-state index contributed by atoms with van der Waals surface area (Å²) in [7, 11) is 1.96. The first-order chi connectivity index (χ1) is 4.66. The van der Waals surface area contributed by atoms with Gasteiger partial charge in [0.25, 0.3) is 0 Å². The Kier molecular flexibility index (Phi) is 1.62. The number of hydrogen-bond donors (Lipinski definition) is 0. The summed E-state index contributed by atoms with van der Waals surface area (Å²) in [6, 6.07) is 1.89. The van der Waals surface area contributed by atoms with Gasteiger partial charge in [-0.25, -0.2) is 0 Å². The van der Waals surface area contributed by atoms with Gasteiger partial charge in [-0.1, -0.05) is 0 Å². The van der Waals surface area contributed by atoms with E-state index in [9.17, 15) is 4.79 Å². The molecule has 1 aromatic rings. The van der Waals surface area contributed by atoms with Crippen LogP contribution in [0, 0.1) is 13.8 Å².